The minimum Gasteiger partial charge on any atom is -0.464 e. The lowest BCUT2D eigenvalue weighted by Crippen LogP contribution is -2.33. The third-order valence-corrected chi connectivity index (χ3v) is 3.15. The first kappa shape index (κ1) is 15.3. The number of hydrogen-bond donors (Lipinski definition) is 2. The molecule has 2 aromatic heterocycles. The summed E-state index contributed by atoms with van der Waals surface area (Å²) < 4.78 is 5.20. The highest BCUT2D eigenvalue weighted by atomic mass is 16.3. The summed E-state index contributed by atoms with van der Waals surface area (Å²) in [5.41, 5.74) is 0.771. The van der Waals surface area contributed by atoms with Gasteiger partial charge >= 0.3 is 0 Å². The molecule has 0 aliphatic rings. The van der Waals surface area contributed by atoms with Crippen molar-refractivity contribution in [2.45, 2.75) is 0 Å². The molecule has 0 fully saturated rings. The summed E-state index contributed by atoms with van der Waals surface area (Å²) in [5.74, 6) is -0.940. The van der Waals surface area contributed by atoms with E-state index in [1.54, 1.807) is 12.1 Å². The highest BCUT2D eigenvalue weighted by molar-refractivity contribution is 5.99. The summed E-state index contributed by atoms with van der Waals surface area (Å²) in [6, 6.07) is 6.01. The van der Waals surface area contributed by atoms with Crippen LogP contribution in [0.3, 0.4) is 0 Å². The standard InChI is InChI=1S/C16H12N4O4/c21-13-3-6-24-14-2-1-10(7-11(13)14)20-15(22)9-19-16(23)12-8-17-4-5-18-12/h1-8H,9H2,(H,19,23)(H,20,22). The molecular formula is C16H12N4O4. The molecule has 0 saturated heterocycles. The fourth-order valence-corrected chi connectivity index (χ4v) is 2.03. The minimum absolute atomic E-state index is 0.119. The molecule has 120 valence electrons. The predicted molar refractivity (Wildman–Crippen MR) is 85.5 cm³/mol. The first-order valence-electron chi connectivity index (χ1n) is 6.99. The van der Waals surface area contributed by atoms with Gasteiger partial charge in [-0.25, -0.2) is 4.98 Å². The molecule has 0 bridgehead atoms. The van der Waals surface area contributed by atoms with E-state index >= 15 is 0 Å². The molecule has 2 N–H and O–H groups in total. The van der Waals surface area contributed by atoms with Crippen LogP contribution in [0.4, 0.5) is 5.69 Å². The molecule has 0 radical (unpaired) electrons. The Bertz CT molecular complexity index is 953. The number of hydrogen-bond acceptors (Lipinski definition) is 6. The molecule has 0 spiro atoms. The number of anilines is 1. The molecule has 1 aromatic carbocycles. The third kappa shape index (κ3) is 3.43. The maximum atomic E-state index is 11.9. The maximum absolute atomic E-state index is 11.9. The summed E-state index contributed by atoms with van der Waals surface area (Å²) in [5, 5.41) is 5.39. The third-order valence-electron chi connectivity index (χ3n) is 3.15. The van der Waals surface area contributed by atoms with Crippen molar-refractivity contribution >= 4 is 28.5 Å². The topological polar surface area (TPSA) is 114 Å². The largest absolute Gasteiger partial charge is 0.464 e. The van der Waals surface area contributed by atoms with E-state index in [2.05, 4.69) is 20.6 Å². The van der Waals surface area contributed by atoms with Crippen molar-refractivity contribution in [2.24, 2.45) is 0 Å². The molecule has 0 aliphatic carbocycles. The quantitative estimate of drug-likeness (QED) is 0.738. The van der Waals surface area contributed by atoms with Gasteiger partial charge in [0.05, 0.1) is 24.4 Å². The predicted octanol–water partition coefficient (Wildman–Crippen LogP) is 0.951. The van der Waals surface area contributed by atoms with Crippen LogP contribution in [0, 0.1) is 0 Å². The van der Waals surface area contributed by atoms with Gasteiger partial charge in [0.2, 0.25) is 5.91 Å². The molecule has 0 saturated carbocycles. The second-order valence-electron chi connectivity index (χ2n) is 4.82. The number of fused-ring (bicyclic) bond motifs is 1. The Hall–Kier alpha value is -3.55. The lowest BCUT2D eigenvalue weighted by atomic mass is 10.2. The highest BCUT2D eigenvalue weighted by Crippen LogP contribution is 2.15. The SMILES string of the molecule is O=C(CNC(=O)c1cnccn1)Nc1ccc2occc(=O)c2c1. The zero-order valence-corrected chi connectivity index (χ0v) is 12.4. The Labute approximate surface area is 135 Å². The lowest BCUT2D eigenvalue weighted by Gasteiger charge is -2.07. The Morgan fingerprint density at radius 1 is 1.17 bits per heavy atom. The molecule has 8 nitrogen and oxygen atoms in total. The Kier molecular flexibility index (Phi) is 4.28. The molecule has 8 heteroatoms. The van der Waals surface area contributed by atoms with E-state index in [9.17, 15) is 14.4 Å². The zero-order valence-electron chi connectivity index (χ0n) is 12.4. The number of carbonyl (C=O) groups excluding carboxylic acids is 2. The van der Waals surface area contributed by atoms with Gasteiger partial charge in [0.25, 0.3) is 5.91 Å². The molecule has 0 unspecified atom stereocenters. The average molecular weight is 324 g/mol. The zero-order chi connectivity index (χ0) is 16.9. The molecule has 3 rings (SSSR count). The van der Waals surface area contributed by atoms with Gasteiger partial charge in [-0.15, -0.1) is 0 Å². The maximum Gasteiger partial charge on any atom is 0.271 e. The molecule has 0 atom stereocenters. The molecule has 24 heavy (non-hydrogen) atoms. The van der Waals surface area contributed by atoms with E-state index in [1.165, 1.54) is 37.0 Å². The number of nitrogens with one attached hydrogen (secondary N) is 2. The Morgan fingerprint density at radius 2 is 2.04 bits per heavy atom. The van der Waals surface area contributed by atoms with Crippen molar-refractivity contribution < 1.29 is 14.0 Å². The van der Waals surface area contributed by atoms with Crippen LogP contribution in [0.5, 0.6) is 0 Å². The fraction of sp³-hybridized carbons (Fsp3) is 0.0625. The summed E-state index contributed by atoms with van der Waals surface area (Å²) in [6.45, 7) is -0.239. The monoisotopic (exact) mass is 324 g/mol. The first-order valence-corrected chi connectivity index (χ1v) is 6.99. The second kappa shape index (κ2) is 6.69. The molecule has 3 aromatic rings. The molecule has 2 amide bonds. The summed E-state index contributed by atoms with van der Waals surface area (Å²) in [6.07, 6.45) is 5.44. The van der Waals surface area contributed by atoms with Crippen LogP contribution in [-0.4, -0.2) is 28.3 Å². The summed E-state index contributed by atoms with van der Waals surface area (Å²) in [4.78, 5) is 43.0. The van der Waals surface area contributed by atoms with E-state index in [-0.39, 0.29) is 17.7 Å². The van der Waals surface area contributed by atoms with Crippen molar-refractivity contribution in [3.8, 4) is 0 Å². The van der Waals surface area contributed by atoms with Gasteiger partial charge in [-0.1, -0.05) is 0 Å². The van der Waals surface area contributed by atoms with Gasteiger partial charge < -0.3 is 15.1 Å². The molecule has 2 heterocycles. The van der Waals surface area contributed by atoms with E-state index in [1.807, 2.05) is 0 Å². The Balaban J connectivity index is 1.64. The second-order valence-corrected chi connectivity index (χ2v) is 4.82. The van der Waals surface area contributed by atoms with Crippen molar-refractivity contribution in [2.75, 3.05) is 11.9 Å². The van der Waals surface area contributed by atoms with Crippen LogP contribution in [0.1, 0.15) is 10.5 Å². The van der Waals surface area contributed by atoms with Gasteiger partial charge in [0.15, 0.2) is 5.43 Å². The van der Waals surface area contributed by atoms with Crippen LogP contribution in [0.15, 0.2) is 58.3 Å². The van der Waals surface area contributed by atoms with Gasteiger partial charge in [0.1, 0.15) is 11.3 Å². The molecule has 0 aliphatic heterocycles. The van der Waals surface area contributed by atoms with E-state index in [0.29, 0.717) is 16.7 Å². The van der Waals surface area contributed by atoms with Gasteiger partial charge in [-0.2, -0.15) is 0 Å². The average Bonchev–Trinajstić information content (AvgIpc) is 2.61. The van der Waals surface area contributed by atoms with Crippen LogP contribution >= 0.6 is 0 Å². The number of benzene rings is 1. The highest BCUT2D eigenvalue weighted by Gasteiger charge is 2.10. The van der Waals surface area contributed by atoms with Gasteiger partial charge in [0, 0.05) is 24.1 Å². The minimum atomic E-state index is -0.502. The van der Waals surface area contributed by atoms with E-state index in [0.717, 1.165) is 0 Å². The van der Waals surface area contributed by atoms with E-state index in [4.69, 9.17) is 4.42 Å². The number of amides is 2. The summed E-state index contributed by atoms with van der Waals surface area (Å²) >= 11 is 0. The number of aromatic nitrogens is 2. The van der Waals surface area contributed by atoms with Crippen molar-refractivity contribution in [3.05, 3.63) is 65.0 Å². The van der Waals surface area contributed by atoms with Crippen LogP contribution in [0.2, 0.25) is 0 Å². The van der Waals surface area contributed by atoms with Crippen molar-refractivity contribution in [1.82, 2.24) is 15.3 Å². The summed E-state index contributed by atoms with van der Waals surface area (Å²) in [7, 11) is 0. The van der Waals surface area contributed by atoms with Crippen LogP contribution in [0.25, 0.3) is 11.0 Å². The number of carbonyl (C=O) groups is 2. The van der Waals surface area contributed by atoms with Crippen molar-refractivity contribution in [3.63, 3.8) is 0 Å². The van der Waals surface area contributed by atoms with Crippen molar-refractivity contribution in [1.29, 1.82) is 0 Å². The van der Waals surface area contributed by atoms with E-state index < -0.39 is 11.8 Å². The van der Waals surface area contributed by atoms with Gasteiger partial charge in [-0.05, 0) is 18.2 Å². The van der Waals surface area contributed by atoms with Crippen LogP contribution < -0.4 is 16.1 Å². The number of rotatable bonds is 4. The Morgan fingerprint density at radius 3 is 2.83 bits per heavy atom. The lowest BCUT2D eigenvalue weighted by molar-refractivity contribution is -0.115. The van der Waals surface area contributed by atoms with Gasteiger partial charge in [-0.3, -0.25) is 19.4 Å². The first-order chi connectivity index (χ1) is 11.6. The fourth-order valence-electron chi connectivity index (χ4n) is 2.03. The normalized spacial score (nSPS) is 10.3. The van der Waals surface area contributed by atoms with Crippen LogP contribution in [-0.2, 0) is 4.79 Å². The molecular weight excluding hydrogens is 312 g/mol. The number of nitrogens with zero attached hydrogens (tertiary/aromatic N) is 2. The smallest absolute Gasteiger partial charge is 0.271 e.